The number of hydrogen-bond acceptors (Lipinski definition) is 16. The van der Waals surface area contributed by atoms with Crippen LogP contribution in [0.25, 0.3) is 11.3 Å². The van der Waals surface area contributed by atoms with Crippen LogP contribution in [-0.2, 0) is 49.3 Å². The van der Waals surface area contributed by atoms with Crippen LogP contribution in [0, 0.1) is 17.8 Å². The Kier molecular flexibility index (Phi) is 20.3. The van der Waals surface area contributed by atoms with Gasteiger partial charge < -0.3 is 49.1 Å². The zero-order valence-corrected chi connectivity index (χ0v) is 45.6. The molecule has 22 heteroatoms. The van der Waals surface area contributed by atoms with E-state index in [1.54, 1.807) is 56.3 Å². The lowest BCUT2D eigenvalue weighted by Crippen LogP contribution is -2.61. The van der Waals surface area contributed by atoms with Crippen LogP contribution < -0.4 is 16.0 Å². The van der Waals surface area contributed by atoms with Crippen molar-refractivity contribution in [1.29, 1.82) is 0 Å². The molecule has 1 aromatic carbocycles. The van der Waals surface area contributed by atoms with E-state index in [9.17, 15) is 29.1 Å². The molecule has 2 aromatic rings. The van der Waals surface area contributed by atoms with Crippen molar-refractivity contribution < 1.29 is 57.5 Å². The number of aryl methyl sites for hydroxylation is 1. The molecule has 4 N–H and O–H groups in total. The number of fused-ring (bicyclic) bond motifs is 1. The minimum Gasteiger partial charge on any atom is -0.458 e. The number of amides is 3. The first-order chi connectivity index (χ1) is 33.7. The minimum atomic E-state index is -1.31. The molecule has 4 heterocycles. The number of aliphatic hydroxyl groups excluding tert-OH is 1. The Labute approximate surface area is 434 Å². The predicted octanol–water partition coefficient (Wildman–Crippen LogP) is 5.95. The SMILES string of the molecule is CC[C@H]1OC(=O)[C@H](C)C(=O)[C@H](C)[C@@H](O[C@@H]2O[C@H](CNC(=O)C(Cl)Cl)CC(N(C)C)[C@H]2O)[C@](C)(OC)C[C@@H](C)CN[C@H](C)[C@H]2N(CCCCn3cc(-c4cccc(NC(=O)OC(C)(C)C)c4)nn3)C(=O)O[C@]12C. The molecule has 20 nitrogen and oxygen atoms in total. The molecule has 3 aliphatic rings. The summed E-state index contributed by atoms with van der Waals surface area (Å²) in [6, 6.07) is 5.80. The second-order valence-electron chi connectivity index (χ2n) is 21.2. The Balaban J connectivity index is 1.34. The summed E-state index contributed by atoms with van der Waals surface area (Å²) in [5.74, 6) is -4.26. The summed E-state index contributed by atoms with van der Waals surface area (Å²) < 4.78 is 38.9. The van der Waals surface area contributed by atoms with E-state index < -0.39 is 106 Å². The standard InChI is InChI=1S/C50H78Cl2N8O12/c1-14-37-50(10)40(60(47(66)72-50)21-16-15-20-59-27-35(56-57-59)32-18-17-19-33(22-32)55-46(65)71-48(6,7)8)31(5)53-25-28(2)24-49(9,67-13)41(29(3)38(61)30(4)44(64)69-37)70-45-39(62)36(58(11)12)23-34(68-45)26-54-43(63)42(51)52/h17-19,22,27-31,34,36-37,39-42,45,53,62H,14-16,20-21,23-26H2,1-13H3,(H,54,63)(H,55,65)/t28-,29+,30-,31-,34+,36?,37-,39-,40-,41-,45+,49-,50-/m1/s1. The van der Waals surface area contributed by atoms with E-state index in [2.05, 4.69) is 26.3 Å². The number of aromatic nitrogens is 3. The van der Waals surface area contributed by atoms with E-state index in [4.69, 9.17) is 51.6 Å². The van der Waals surface area contributed by atoms with Gasteiger partial charge in [-0.15, -0.1) is 5.10 Å². The fourth-order valence-electron chi connectivity index (χ4n) is 10.2. The number of likely N-dealkylation sites (N-methyl/N-ethyl adjacent to an activating group) is 1. The number of nitrogens with one attached hydrogen (secondary N) is 3. The zero-order valence-electron chi connectivity index (χ0n) is 44.1. The summed E-state index contributed by atoms with van der Waals surface area (Å²) in [7, 11) is 5.15. The maximum atomic E-state index is 14.6. The van der Waals surface area contributed by atoms with Gasteiger partial charge in [-0.25, -0.2) is 9.59 Å². The number of anilines is 1. The molecule has 0 saturated carbocycles. The third kappa shape index (κ3) is 14.6. The number of halogens is 2. The number of carbonyl (C=O) groups excluding carboxylic acids is 5. The zero-order chi connectivity index (χ0) is 53.5. The molecule has 1 unspecified atom stereocenters. The molecule has 0 aliphatic carbocycles. The smallest absolute Gasteiger partial charge is 0.412 e. The number of ether oxygens (including phenoxy) is 6. The molecule has 0 radical (unpaired) electrons. The molecule has 3 aliphatic heterocycles. The first kappa shape index (κ1) is 58.7. The monoisotopic (exact) mass is 1050 g/mol. The number of rotatable bonds is 15. The van der Waals surface area contributed by atoms with Crippen LogP contribution in [0.5, 0.6) is 0 Å². The maximum Gasteiger partial charge on any atom is 0.412 e. The topological polar surface area (TPSA) is 234 Å². The van der Waals surface area contributed by atoms with E-state index in [1.165, 1.54) is 14.0 Å². The van der Waals surface area contributed by atoms with E-state index in [-0.39, 0.29) is 24.9 Å². The lowest BCUT2D eigenvalue weighted by Gasteiger charge is -2.47. The molecular weight excluding hydrogens is 975 g/mol. The molecule has 13 atom stereocenters. The summed E-state index contributed by atoms with van der Waals surface area (Å²) in [5, 5.41) is 29.5. The number of cyclic esters (lactones) is 1. The maximum absolute atomic E-state index is 14.6. The fourth-order valence-corrected chi connectivity index (χ4v) is 10.4. The molecular formula is C50H78Cl2N8O12. The highest BCUT2D eigenvalue weighted by Crippen LogP contribution is 2.40. The van der Waals surface area contributed by atoms with Gasteiger partial charge in [-0.3, -0.25) is 29.3 Å². The van der Waals surface area contributed by atoms with E-state index >= 15 is 0 Å². The highest BCUT2D eigenvalue weighted by atomic mass is 35.5. The highest BCUT2D eigenvalue weighted by Gasteiger charge is 2.59. The van der Waals surface area contributed by atoms with Crippen LogP contribution in [0.1, 0.15) is 101 Å². The average molecular weight is 1050 g/mol. The summed E-state index contributed by atoms with van der Waals surface area (Å²) in [4.78, 5) is 69.7. The number of Topliss-reactive ketones (excluding diaryl/α,β-unsaturated/α-hetero) is 1. The quantitative estimate of drug-likeness (QED) is 0.0531. The van der Waals surface area contributed by atoms with Crippen LogP contribution in [0.15, 0.2) is 30.5 Å². The van der Waals surface area contributed by atoms with Gasteiger partial charge in [0, 0.05) is 56.0 Å². The summed E-state index contributed by atoms with van der Waals surface area (Å²) in [6.07, 6.45) is -2.16. The number of methoxy groups -OCH3 is 1. The largest absolute Gasteiger partial charge is 0.458 e. The Morgan fingerprint density at radius 2 is 1.78 bits per heavy atom. The Bertz CT molecular complexity index is 2180. The first-order valence-electron chi connectivity index (χ1n) is 25.0. The van der Waals surface area contributed by atoms with Crippen molar-refractivity contribution in [3.63, 3.8) is 0 Å². The van der Waals surface area contributed by atoms with Crippen LogP contribution in [0.4, 0.5) is 15.3 Å². The van der Waals surface area contributed by atoms with Gasteiger partial charge in [0.05, 0.1) is 30.0 Å². The Morgan fingerprint density at radius 3 is 2.42 bits per heavy atom. The van der Waals surface area contributed by atoms with Crippen molar-refractivity contribution in [2.24, 2.45) is 17.8 Å². The number of benzene rings is 1. The summed E-state index contributed by atoms with van der Waals surface area (Å²) in [5.41, 5.74) is -1.21. The van der Waals surface area contributed by atoms with E-state index in [0.29, 0.717) is 56.7 Å². The van der Waals surface area contributed by atoms with Crippen molar-refractivity contribution in [1.82, 2.24) is 35.4 Å². The van der Waals surface area contributed by atoms with Crippen molar-refractivity contribution in [3.8, 4) is 11.3 Å². The molecule has 1 aromatic heterocycles. The lowest BCUT2D eigenvalue weighted by molar-refractivity contribution is -0.296. The van der Waals surface area contributed by atoms with Gasteiger partial charge in [-0.2, -0.15) is 0 Å². The summed E-state index contributed by atoms with van der Waals surface area (Å²) in [6.45, 7) is 19.3. The van der Waals surface area contributed by atoms with Gasteiger partial charge in [-0.1, -0.05) is 61.3 Å². The lowest BCUT2D eigenvalue weighted by atomic mass is 9.78. The molecule has 3 amide bonds. The van der Waals surface area contributed by atoms with Gasteiger partial charge in [0.2, 0.25) is 0 Å². The number of esters is 1. The predicted molar refractivity (Wildman–Crippen MR) is 270 cm³/mol. The number of ketones is 1. The third-order valence-corrected chi connectivity index (χ3v) is 14.4. The third-order valence-electron chi connectivity index (χ3n) is 14.0. The molecule has 3 fully saturated rings. The Morgan fingerprint density at radius 1 is 1.08 bits per heavy atom. The number of nitrogens with zero attached hydrogens (tertiary/aromatic N) is 5. The van der Waals surface area contributed by atoms with E-state index in [1.807, 2.05) is 65.0 Å². The second kappa shape index (κ2) is 24.9. The fraction of sp³-hybridized carbons (Fsp3) is 0.740. The minimum absolute atomic E-state index is 0.0290. The van der Waals surface area contributed by atoms with Crippen LogP contribution in [0.3, 0.4) is 0 Å². The van der Waals surface area contributed by atoms with Gasteiger partial charge in [0.1, 0.15) is 29.4 Å². The highest BCUT2D eigenvalue weighted by molar-refractivity contribution is 6.53. The van der Waals surface area contributed by atoms with Crippen molar-refractivity contribution in [2.75, 3.05) is 46.2 Å². The van der Waals surface area contributed by atoms with Gasteiger partial charge in [0.25, 0.3) is 5.91 Å². The molecule has 3 saturated heterocycles. The molecule has 0 bridgehead atoms. The number of carbonyl (C=O) groups is 5. The van der Waals surface area contributed by atoms with Crippen molar-refractivity contribution in [2.45, 2.75) is 178 Å². The molecule has 0 spiro atoms. The van der Waals surface area contributed by atoms with E-state index in [0.717, 1.165) is 5.56 Å². The van der Waals surface area contributed by atoms with Crippen LogP contribution >= 0.6 is 23.2 Å². The second-order valence-corrected chi connectivity index (χ2v) is 22.3. The van der Waals surface area contributed by atoms with Gasteiger partial charge in [-0.05, 0) is 119 Å². The van der Waals surface area contributed by atoms with Gasteiger partial charge in [0.15, 0.2) is 22.5 Å². The van der Waals surface area contributed by atoms with Gasteiger partial charge >= 0.3 is 18.2 Å². The first-order valence-corrected chi connectivity index (χ1v) is 25.8. The van der Waals surface area contributed by atoms with Crippen molar-refractivity contribution >= 4 is 58.7 Å². The van der Waals surface area contributed by atoms with Crippen molar-refractivity contribution in [3.05, 3.63) is 30.5 Å². The molecule has 404 valence electrons. The number of alkyl halides is 2. The number of hydrogen-bond donors (Lipinski definition) is 4. The number of aliphatic hydroxyl groups is 1. The van der Waals surface area contributed by atoms with Crippen LogP contribution in [0.2, 0.25) is 0 Å². The Hall–Kier alpha value is -4.15. The number of unbranched alkanes of at least 4 members (excludes halogenated alkanes) is 1. The van der Waals surface area contributed by atoms with Crippen LogP contribution in [-0.4, -0.2) is 171 Å². The molecule has 72 heavy (non-hydrogen) atoms. The normalized spacial score (nSPS) is 32.1. The average Bonchev–Trinajstić information content (AvgIpc) is 3.89. The summed E-state index contributed by atoms with van der Waals surface area (Å²) >= 11 is 11.6. The molecule has 5 rings (SSSR count).